The number of esters is 1. The largest absolute Gasteiger partial charge is 0.456 e. The Balaban J connectivity index is 2.15. The number of carbonyl (C=O) groups excluding carboxylic acids is 1. The molecule has 28 heavy (non-hydrogen) atoms. The Morgan fingerprint density at radius 2 is 1.32 bits per heavy atom. The quantitative estimate of drug-likeness (QED) is 0.208. The standard InChI is InChI=1S/C16H28O12/c1-5(2)14(24)27-13-9(20)7(4-18)26-16(12(13)23)28-15-11(22)10(21)8(19)6(3-17)25-15/h5-13,15-23H,3-4H2,1-2H3/t6-,7-,8-,9-,10+,11-,12-,13+,15-,16-/m1/s1. The lowest BCUT2D eigenvalue weighted by Crippen LogP contribution is -2.64. The van der Waals surface area contributed by atoms with E-state index in [1.54, 1.807) is 13.8 Å². The van der Waals surface area contributed by atoms with Crippen LogP contribution in [0, 0.1) is 5.92 Å². The highest BCUT2D eigenvalue weighted by molar-refractivity contribution is 5.71. The van der Waals surface area contributed by atoms with E-state index in [1.165, 1.54) is 0 Å². The number of carbonyl (C=O) groups is 1. The molecule has 0 saturated carbocycles. The first-order chi connectivity index (χ1) is 13.1. The third-order valence-electron chi connectivity index (χ3n) is 4.66. The van der Waals surface area contributed by atoms with E-state index < -0.39 is 86.5 Å². The number of hydrogen-bond acceptors (Lipinski definition) is 12. The highest BCUT2D eigenvalue weighted by Gasteiger charge is 2.51. The van der Waals surface area contributed by atoms with Gasteiger partial charge in [0.15, 0.2) is 18.7 Å². The Bertz CT molecular complexity index is 514. The molecule has 2 aliphatic rings. The fourth-order valence-corrected chi connectivity index (χ4v) is 2.89. The van der Waals surface area contributed by atoms with Crippen LogP contribution >= 0.6 is 0 Å². The zero-order valence-electron chi connectivity index (χ0n) is 15.4. The molecule has 12 nitrogen and oxygen atoms in total. The molecule has 10 atom stereocenters. The fourth-order valence-electron chi connectivity index (χ4n) is 2.89. The van der Waals surface area contributed by atoms with E-state index in [4.69, 9.17) is 18.9 Å². The van der Waals surface area contributed by atoms with Crippen LogP contribution in [0.1, 0.15) is 13.8 Å². The maximum Gasteiger partial charge on any atom is 0.308 e. The second kappa shape index (κ2) is 9.71. The Kier molecular flexibility index (Phi) is 8.10. The average molecular weight is 412 g/mol. The van der Waals surface area contributed by atoms with Crippen LogP contribution in [0.4, 0.5) is 0 Å². The number of rotatable bonds is 6. The maximum atomic E-state index is 11.9. The summed E-state index contributed by atoms with van der Waals surface area (Å²) in [6.45, 7) is 1.71. The molecular weight excluding hydrogens is 384 g/mol. The monoisotopic (exact) mass is 412 g/mol. The minimum Gasteiger partial charge on any atom is -0.456 e. The van der Waals surface area contributed by atoms with Crippen molar-refractivity contribution in [1.29, 1.82) is 0 Å². The molecule has 164 valence electrons. The average Bonchev–Trinajstić information content (AvgIpc) is 2.67. The molecule has 0 amide bonds. The second-order valence-corrected chi connectivity index (χ2v) is 7.10. The van der Waals surface area contributed by atoms with Gasteiger partial charge in [0.2, 0.25) is 0 Å². The van der Waals surface area contributed by atoms with Gasteiger partial charge in [-0.1, -0.05) is 13.8 Å². The summed E-state index contributed by atoms with van der Waals surface area (Å²) in [6.07, 6.45) is -15.7. The van der Waals surface area contributed by atoms with Crippen LogP contribution in [0.15, 0.2) is 0 Å². The van der Waals surface area contributed by atoms with Gasteiger partial charge in [0.05, 0.1) is 19.1 Å². The molecule has 0 spiro atoms. The van der Waals surface area contributed by atoms with Gasteiger partial charge in [0.1, 0.15) is 42.7 Å². The summed E-state index contributed by atoms with van der Waals surface area (Å²) in [4.78, 5) is 11.9. The molecule has 0 radical (unpaired) electrons. The molecule has 12 heteroatoms. The molecular formula is C16H28O12. The lowest BCUT2D eigenvalue weighted by molar-refractivity contribution is -0.376. The van der Waals surface area contributed by atoms with Gasteiger partial charge in [0.25, 0.3) is 0 Å². The van der Waals surface area contributed by atoms with E-state index in [9.17, 15) is 40.5 Å². The maximum absolute atomic E-state index is 11.9. The minimum absolute atomic E-state index is 0.556. The number of hydrogen-bond donors (Lipinski definition) is 7. The van der Waals surface area contributed by atoms with E-state index in [1.807, 2.05) is 0 Å². The van der Waals surface area contributed by atoms with Crippen molar-refractivity contribution in [2.24, 2.45) is 5.92 Å². The number of ether oxygens (including phenoxy) is 4. The van der Waals surface area contributed by atoms with Crippen molar-refractivity contribution in [3.8, 4) is 0 Å². The minimum atomic E-state index is -1.76. The van der Waals surface area contributed by atoms with Gasteiger partial charge < -0.3 is 54.7 Å². The summed E-state index contributed by atoms with van der Waals surface area (Å²) in [6, 6.07) is 0. The van der Waals surface area contributed by atoms with E-state index in [2.05, 4.69) is 0 Å². The molecule has 0 bridgehead atoms. The van der Waals surface area contributed by atoms with Crippen LogP contribution < -0.4 is 0 Å². The fraction of sp³-hybridized carbons (Fsp3) is 0.938. The predicted molar refractivity (Wildman–Crippen MR) is 87.3 cm³/mol. The molecule has 7 N–H and O–H groups in total. The smallest absolute Gasteiger partial charge is 0.308 e. The zero-order valence-corrected chi connectivity index (χ0v) is 15.4. The van der Waals surface area contributed by atoms with Crippen molar-refractivity contribution in [3.05, 3.63) is 0 Å². The van der Waals surface area contributed by atoms with Crippen molar-refractivity contribution in [2.75, 3.05) is 13.2 Å². The second-order valence-electron chi connectivity index (χ2n) is 7.10. The van der Waals surface area contributed by atoms with Crippen molar-refractivity contribution in [3.63, 3.8) is 0 Å². The number of aliphatic hydroxyl groups excluding tert-OH is 7. The SMILES string of the molecule is CC(C)C(=O)O[C@@H]1[C@@H](O)[C@@H](O[C@H]2O[C@H](CO)[C@@H](O)[C@H](O)[C@H]2O)O[C@H](CO)[C@H]1O. The van der Waals surface area contributed by atoms with Crippen molar-refractivity contribution in [1.82, 2.24) is 0 Å². The summed E-state index contributed by atoms with van der Waals surface area (Å²) in [5, 5.41) is 68.9. The highest BCUT2D eigenvalue weighted by Crippen LogP contribution is 2.29. The van der Waals surface area contributed by atoms with Gasteiger partial charge in [-0.15, -0.1) is 0 Å². The van der Waals surface area contributed by atoms with Gasteiger partial charge in [0, 0.05) is 0 Å². The van der Waals surface area contributed by atoms with Gasteiger partial charge in [-0.3, -0.25) is 4.79 Å². The van der Waals surface area contributed by atoms with E-state index in [0.717, 1.165) is 0 Å². The van der Waals surface area contributed by atoms with Crippen molar-refractivity contribution in [2.45, 2.75) is 75.3 Å². The Morgan fingerprint density at radius 1 is 0.821 bits per heavy atom. The molecule has 0 aromatic rings. The lowest BCUT2D eigenvalue weighted by Gasteiger charge is -2.45. The molecule has 2 fully saturated rings. The van der Waals surface area contributed by atoms with Gasteiger partial charge in [-0.2, -0.15) is 0 Å². The number of aliphatic hydroxyl groups is 7. The van der Waals surface area contributed by atoms with E-state index in [-0.39, 0.29) is 0 Å². The first kappa shape index (κ1) is 23.3. The highest BCUT2D eigenvalue weighted by atomic mass is 16.8. The third-order valence-corrected chi connectivity index (χ3v) is 4.66. The van der Waals surface area contributed by atoms with Crippen LogP contribution in [-0.4, -0.2) is 116 Å². The van der Waals surface area contributed by atoms with Gasteiger partial charge in [-0.25, -0.2) is 0 Å². The zero-order chi connectivity index (χ0) is 21.2. The summed E-state index contributed by atoms with van der Waals surface area (Å²) >= 11 is 0. The molecule has 2 saturated heterocycles. The molecule has 0 unspecified atom stereocenters. The normalized spacial score (nSPS) is 44.5. The molecule has 0 aromatic carbocycles. The Hall–Kier alpha value is -0.930. The predicted octanol–water partition coefficient (Wildman–Crippen LogP) is -4.19. The summed E-state index contributed by atoms with van der Waals surface area (Å²) in [7, 11) is 0. The van der Waals surface area contributed by atoms with Crippen LogP contribution in [0.25, 0.3) is 0 Å². The van der Waals surface area contributed by atoms with Crippen LogP contribution in [0.5, 0.6) is 0 Å². The topological polar surface area (TPSA) is 196 Å². The lowest BCUT2D eigenvalue weighted by atomic mass is 9.97. The van der Waals surface area contributed by atoms with Gasteiger partial charge >= 0.3 is 5.97 Å². The van der Waals surface area contributed by atoms with Gasteiger partial charge in [-0.05, 0) is 0 Å². The van der Waals surface area contributed by atoms with Crippen LogP contribution in [0.2, 0.25) is 0 Å². The van der Waals surface area contributed by atoms with Crippen LogP contribution in [0.3, 0.4) is 0 Å². The van der Waals surface area contributed by atoms with E-state index in [0.29, 0.717) is 0 Å². The molecule has 0 aromatic heterocycles. The van der Waals surface area contributed by atoms with Crippen LogP contribution in [-0.2, 0) is 23.7 Å². The van der Waals surface area contributed by atoms with E-state index >= 15 is 0 Å². The summed E-state index contributed by atoms with van der Waals surface area (Å²) in [5.74, 6) is -1.27. The molecule has 2 rings (SSSR count). The first-order valence-corrected chi connectivity index (χ1v) is 8.91. The molecule has 2 heterocycles. The summed E-state index contributed by atoms with van der Waals surface area (Å²) in [5.41, 5.74) is 0. The molecule has 0 aliphatic carbocycles. The molecule has 2 aliphatic heterocycles. The van der Waals surface area contributed by atoms with Crippen molar-refractivity contribution >= 4 is 5.97 Å². The summed E-state index contributed by atoms with van der Waals surface area (Å²) < 4.78 is 20.8. The Labute approximate surface area is 160 Å². The van der Waals surface area contributed by atoms with Crippen molar-refractivity contribution < 1.29 is 59.5 Å². The Morgan fingerprint density at radius 3 is 1.82 bits per heavy atom. The third kappa shape index (κ3) is 4.79. The first-order valence-electron chi connectivity index (χ1n) is 8.91.